The van der Waals surface area contributed by atoms with Crippen LogP contribution >= 0.6 is 11.3 Å². The van der Waals surface area contributed by atoms with Crippen LogP contribution < -0.4 is 5.32 Å². The van der Waals surface area contributed by atoms with E-state index in [-0.39, 0.29) is 10.8 Å². The van der Waals surface area contributed by atoms with Crippen molar-refractivity contribution in [3.8, 4) is 16.9 Å². The van der Waals surface area contributed by atoms with Crippen molar-refractivity contribution in [1.82, 2.24) is 14.8 Å². The molecule has 2 heterocycles. The van der Waals surface area contributed by atoms with Gasteiger partial charge in [-0.15, -0.1) is 11.3 Å². The second-order valence-electron chi connectivity index (χ2n) is 6.15. The number of aromatic nitrogens is 3. The molecule has 0 aliphatic rings. The van der Waals surface area contributed by atoms with Gasteiger partial charge in [0.2, 0.25) is 0 Å². The highest BCUT2D eigenvalue weighted by molar-refractivity contribution is 7.14. The molecule has 0 saturated heterocycles. The maximum absolute atomic E-state index is 13.7. The Morgan fingerprint density at radius 2 is 1.73 bits per heavy atom. The van der Waals surface area contributed by atoms with Gasteiger partial charge in [0, 0.05) is 10.9 Å². The van der Waals surface area contributed by atoms with Crippen LogP contribution in [-0.2, 0) is 6.18 Å². The van der Waals surface area contributed by atoms with Crippen molar-refractivity contribution in [2.45, 2.75) is 6.18 Å². The van der Waals surface area contributed by atoms with Crippen molar-refractivity contribution in [3.05, 3.63) is 83.2 Å². The van der Waals surface area contributed by atoms with Gasteiger partial charge in [0.15, 0.2) is 10.8 Å². The molecule has 0 saturated carbocycles. The second kappa shape index (κ2) is 7.71. The average molecular weight is 432 g/mol. The van der Waals surface area contributed by atoms with Gasteiger partial charge >= 0.3 is 6.18 Å². The normalized spacial score (nSPS) is 11.5. The van der Waals surface area contributed by atoms with Gasteiger partial charge < -0.3 is 0 Å². The number of halogens is 4. The van der Waals surface area contributed by atoms with Crippen molar-refractivity contribution in [2.75, 3.05) is 5.32 Å². The van der Waals surface area contributed by atoms with Crippen molar-refractivity contribution >= 4 is 22.4 Å². The summed E-state index contributed by atoms with van der Waals surface area (Å²) in [4.78, 5) is 16.8. The summed E-state index contributed by atoms with van der Waals surface area (Å²) in [5.74, 6) is -1.39. The SMILES string of the molecule is O=C(Nc1nc(-c2ccc(F)cc2)cs1)c1cnn(-c2ccccc2)c1C(F)(F)F. The number of nitrogens with one attached hydrogen (secondary N) is 1. The number of carbonyl (C=O) groups excluding carboxylic acids is 1. The van der Waals surface area contributed by atoms with Crippen LogP contribution in [0.4, 0.5) is 22.7 Å². The highest BCUT2D eigenvalue weighted by atomic mass is 32.1. The number of carbonyl (C=O) groups is 1. The van der Waals surface area contributed by atoms with Gasteiger partial charge in [-0.2, -0.15) is 18.3 Å². The molecule has 0 bridgehead atoms. The van der Waals surface area contributed by atoms with E-state index in [4.69, 9.17) is 0 Å². The topological polar surface area (TPSA) is 59.8 Å². The Bertz CT molecular complexity index is 1180. The lowest BCUT2D eigenvalue weighted by Gasteiger charge is -2.12. The summed E-state index contributed by atoms with van der Waals surface area (Å²) >= 11 is 1.04. The minimum atomic E-state index is -4.80. The van der Waals surface area contributed by atoms with Crippen LogP contribution in [-0.4, -0.2) is 20.7 Å². The van der Waals surface area contributed by atoms with Crippen LogP contribution in [0.1, 0.15) is 16.1 Å². The zero-order chi connectivity index (χ0) is 21.3. The molecule has 0 aliphatic heterocycles. The van der Waals surface area contributed by atoms with Crippen molar-refractivity contribution in [3.63, 3.8) is 0 Å². The number of rotatable bonds is 4. The molecule has 4 aromatic rings. The molecule has 0 atom stereocenters. The lowest BCUT2D eigenvalue weighted by molar-refractivity contribution is -0.143. The van der Waals surface area contributed by atoms with Crippen molar-refractivity contribution in [1.29, 1.82) is 0 Å². The van der Waals surface area contributed by atoms with E-state index in [2.05, 4.69) is 15.4 Å². The molecule has 2 aromatic heterocycles. The molecule has 30 heavy (non-hydrogen) atoms. The van der Waals surface area contributed by atoms with Crippen LogP contribution in [0.25, 0.3) is 16.9 Å². The van der Waals surface area contributed by atoms with Gasteiger partial charge in [0.05, 0.1) is 23.1 Å². The fourth-order valence-corrected chi connectivity index (χ4v) is 3.52. The molecule has 1 amide bonds. The number of para-hydroxylation sites is 1. The first-order valence-electron chi connectivity index (χ1n) is 8.56. The first kappa shape index (κ1) is 19.8. The van der Waals surface area contributed by atoms with E-state index in [1.807, 2.05) is 0 Å². The lowest BCUT2D eigenvalue weighted by Crippen LogP contribution is -2.20. The molecule has 152 valence electrons. The molecule has 1 N–H and O–H groups in total. The summed E-state index contributed by atoms with van der Waals surface area (Å²) in [7, 11) is 0. The van der Waals surface area contributed by atoms with E-state index in [9.17, 15) is 22.4 Å². The smallest absolute Gasteiger partial charge is 0.298 e. The maximum Gasteiger partial charge on any atom is 0.434 e. The predicted octanol–water partition coefficient (Wildman–Crippen LogP) is 5.41. The van der Waals surface area contributed by atoms with Gasteiger partial charge in [-0.25, -0.2) is 14.1 Å². The Balaban J connectivity index is 1.63. The van der Waals surface area contributed by atoms with Crippen LogP contribution in [0.3, 0.4) is 0 Å². The fraction of sp³-hybridized carbons (Fsp3) is 0.0500. The highest BCUT2D eigenvalue weighted by Crippen LogP contribution is 2.34. The zero-order valence-electron chi connectivity index (χ0n) is 15.0. The Hall–Kier alpha value is -3.53. The maximum atomic E-state index is 13.7. The molecular formula is C20H12F4N4OS. The molecule has 0 spiro atoms. The zero-order valence-corrected chi connectivity index (χ0v) is 15.8. The standard InChI is InChI=1S/C20H12F4N4OS/c21-13-8-6-12(7-9-13)16-11-30-19(26-16)27-18(29)15-10-25-28(17(15)20(22,23)24)14-4-2-1-3-5-14/h1-11H,(H,26,27,29). The third-order valence-corrected chi connectivity index (χ3v) is 4.91. The summed E-state index contributed by atoms with van der Waals surface area (Å²) in [6, 6.07) is 13.3. The molecule has 10 heteroatoms. The van der Waals surface area contributed by atoms with Crippen LogP contribution in [0, 0.1) is 5.82 Å². The number of thiazole rings is 1. The molecule has 4 rings (SSSR count). The molecule has 5 nitrogen and oxygen atoms in total. The number of hydrogen-bond acceptors (Lipinski definition) is 4. The second-order valence-corrected chi connectivity index (χ2v) is 7.01. The number of benzene rings is 2. The quantitative estimate of drug-likeness (QED) is 0.439. The van der Waals surface area contributed by atoms with Gasteiger partial charge in [0.25, 0.3) is 5.91 Å². The lowest BCUT2D eigenvalue weighted by atomic mass is 10.2. The van der Waals surface area contributed by atoms with Gasteiger partial charge in [-0.1, -0.05) is 18.2 Å². The Morgan fingerprint density at radius 3 is 2.40 bits per heavy atom. The first-order chi connectivity index (χ1) is 14.3. The predicted molar refractivity (Wildman–Crippen MR) is 104 cm³/mol. The molecule has 0 radical (unpaired) electrons. The number of amides is 1. The summed E-state index contributed by atoms with van der Waals surface area (Å²) in [6.45, 7) is 0. The van der Waals surface area contributed by atoms with Crippen molar-refractivity contribution in [2.24, 2.45) is 0 Å². The monoisotopic (exact) mass is 432 g/mol. The molecule has 0 unspecified atom stereocenters. The Morgan fingerprint density at radius 1 is 1.03 bits per heavy atom. The molecule has 0 fully saturated rings. The number of anilines is 1. The highest BCUT2D eigenvalue weighted by Gasteiger charge is 2.40. The largest absolute Gasteiger partial charge is 0.434 e. The van der Waals surface area contributed by atoms with E-state index in [1.165, 1.54) is 36.4 Å². The number of alkyl halides is 3. The van der Waals surface area contributed by atoms with E-state index >= 15 is 0 Å². The third kappa shape index (κ3) is 3.94. The molecule has 2 aromatic carbocycles. The van der Waals surface area contributed by atoms with Gasteiger partial charge in [-0.3, -0.25) is 10.1 Å². The first-order valence-corrected chi connectivity index (χ1v) is 9.44. The van der Waals surface area contributed by atoms with E-state index in [0.29, 0.717) is 15.9 Å². The number of nitrogens with zero attached hydrogens (tertiary/aromatic N) is 3. The van der Waals surface area contributed by atoms with Gasteiger partial charge in [0.1, 0.15) is 5.82 Å². The summed E-state index contributed by atoms with van der Waals surface area (Å²) in [5.41, 5.74) is -0.546. The molecule has 0 aliphatic carbocycles. The van der Waals surface area contributed by atoms with Crippen molar-refractivity contribution < 1.29 is 22.4 Å². The third-order valence-electron chi connectivity index (χ3n) is 4.15. The summed E-state index contributed by atoms with van der Waals surface area (Å²) in [5, 5.41) is 7.86. The summed E-state index contributed by atoms with van der Waals surface area (Å²) in [6.07, 6.45) is -3.93. The van der Waals surface area contributed by atoms with Crippen LogP contribution in [0.15, 0.2) is 66.2 Å². The minimum Gasteiger partial charge on any atom is -0.298 e. The van der Waals surface area contributed by atoms with E-state index < -0.39 is 29.2 Å². The minimum absolute atomic E-state index is 0.111. The Labute approximate surface area is 171 Å². The summed E-state index contributed by atoms with van der Waals surface area (Å²) < 4.78 is 54.8. The average Bonchev–Trinajstić information content (AvgIpc) is 3.36. The number of hydrogen-bond donors (Lipinski definition) is 1. The van der Waals surface area contributed by atoms with E-state index in [1.54, 1.807) is 23.6 Å². The Kier molecular flexibility index (Phi) is 5.08. The molecular weight excluding hydrogens is 420 g/mol. The van der Waals surface area contributed by atoms with Gasteiger partial charge in [-0.05, 0) is 36.4 Å². The van der Waals surface area contributed by atoms with E-state index in [0.717, 1.165) is 17.5 Å². The van der Waals surface area contributed by atoms with Crippen LogP contribution in [0.5, 0.6) is 0 Å². The fourth-order valence-electron chi connectivity index (χ4n) is 2.80. The van der Waals surface area contributed by atoms with Crippen LogP contribution in [0.2, 0.25) is 0 Å².